The third-order valence-corrected chi connectivity index (χ3v) is 3.85. The van der Waals surface area contributed by atoms with Gasteiger partial charge in [0.1, 0.15) is 5.75 Å². The molecule has 1 aliphatic heterocycles. The highest BCUT2D eigenvalue weighted by Gasteiger charge is 2.37. The third kappa shape index (κ3) is 2.07. The molecule has 3 rings (SSSR count). The van der Waals surface area contributed by atoms with E-state index in [9.17, 15) is 9.59 Å². The zero-order valence-electron chi connectivity index (χ0n) is 10.9. The number of carbonyl (C=O) groups excluding carboxylic acids is 2. The molecule has 0 saturated heterocycles. The minimum Gasteiger partial charge on any atom is -0.495 e. The second-order valence-electron chi connectivity index (χ2n) is 4.43. The fraction of sp³-hybridized carbons (Fsp3) is 0.0667. The molecule has 0 unspecified atom stereocenters. The number of rotatable bonds is 2. The van der Waals surface area contributed by atoms with E-state index in [1.165, 1.54) is 19.2 Å². The van der Waals surface area contributed by atoms with Gasteiger partial charge in [-0.05, 0) is 18.2 Å². The van der Waals surface area contributed by atoms with E-state index in [2.05, 4.69) is 0 Å². The molecule has 0 spiro atoms. The summed E-state index contributed by atoms with van der Waals surface area (Å²) in [6.45, 7) is 0. The van der Waals surface area contributed by atoms with Gasteiger partial charge < -0.3 is 4.74 Å². The first-order valence-corrected chi connectivity index (χ1v) is 6.81. The lowest BCUT2D eigenvalue weighted by molar-refractivity contribution is 0.0926. The summed E-state index contributed by atoms with van der Waals surface area (Å²) in [5.41, 5.74) is 0.962. The fourth-order valence-corrected chi connectivity index (χ4v) is 2.80. The summed E-state index contributed by atoms with van der Waals surface area (Å²) in [6.07, 6.45) is 0. The normalized spacial score (nSPS) is 13.6. The van der Waals surface area contributed by atoms with Crippen molar-refractivity contribution in [1.82, 2.24) is 0 Å². The Morgan fingerprint density at radius 3 is 2.05 bits per heavy atom. The molecule has 0 atom stereocenters. The van der Waals surface area contributed by atoms with Crippen LogP contribution in [0.15, 0.2) is 36.4 Å². The lowest BCUT2D eigenvalue weighted by Gasteiger charge is -2.17. The minimum absolute atomic E-state index is 0.204. The number of fused-ring (bicyclic) bond motifs is 1. The van der Waals surface area contributed by atoms with Crippen LogP contribution in [-0.2, 0) is 0 Å². The molecule has 0 bridgehead atoms. The summed E-state index contributed by atoms with van der Waals surface area (Å²) >= 11 is 12.1. The highest BCUT2D eigenvalue weighted by molar-refractivity contribution is 6.41. The van der Waals surface area contributed by atoms with Crippen molar-refractivity contribution in [2.45, 2.75) is 0 Å². The second-order valence-corrected chi connectivity index (χ2v) is 5.24. The zero-order chi connectivity index (χ0) is 15.1. The molecule has 4 nitrogen and oxygen atoms in total. The highest BCUT2D eigenvalue weighted by Crippen LogP contribution is 2.39. The lowest BCUT2D eigenvalue weighted by atomic mass is 10.1. The Balaban J connectivity index is 2.15. The van der Waals surface area contributed by atoms with Crippen LogP contribution >= 0.6 is 23.2 Å². The first-order valence-electron chi connectivity index (χ1n) is 6.05. The van der Waals surface area contributed by atoms with Crippen LogP contribution in [0.25, 0.3) is 0 Å². The van der Waals surface area contributed by atoms with Crippen LogP contribution in [0.4, 0.5) is 5.69 Å². The van der Waals surface area contributed by atoms with Crippen molar-refractivity contribution in [2.24, 2.45) is 0 Å². The number of amides is 2. The van der Waals surface area contributed by atoms with Crippen LogP contribution < -0.4 is 9.64 Å². The van der Waals surface area contributed by atoms with Crippen molar-refractivity contribution in [3.8, 4) is 5.75 Å². The van der Waals surface area contributed by atoms with Crippen molar-refractivity contribution >= 4 is 40.7 Å². The molecule has 0 radical (unpaired) electrons. The topological polar surface area (TPSA) is 46.6 Å². The van der Waals surface area contributed by atoms with Crippen LogP contribution in [0.2, 0.25) is 10.0 Å². The van der Waals surface area contributed by atoms with Gasteiger partial charge in [-0.2, -0.15) is 0 Å². The molecular weight excluding hydrogens is 313 g/mol. The van der Waals surface area contributed by atoms with E-state index in [1.54, 1.807) is 24.3 Å². The maximum atomic E-state index is 12.4. The van der Waals surface area contributed by atoms with E-state index in [4.69, 9.17) is 27.9 Å². The van der Waals surface area contributed by atoms with Crippen molar-refractivity contribution in [3.63, 3.8) is 0 Å². The number of imide groups is 1. The summed E-state index contributed by atoms with van der Waals surface area (Å²) in [7, 11) is 1.45. The van der Waals surface area contributed by atoms with Gasteiger partial charge in [0, 0.05) is 6.07 Å². The van der Waals surface area contributed by atoms with E-state index < -0.39 is 11.8 Å². The summed E-state index contributed by atoms with van der Waals surface area (Å²) in [5, 5.41) is 0.512. The van der Waals surface area contributed by atoms with Crippen molar-refractivity contribution in [3.05, 3.63) is 57.6 Å². The first kappa shape index (κ1) is 13.9. The van der Waals surface area contributed by atoms with Crippen LogP contribution in [0, 0.1) is 0 Å². The summed E-state index contributed by atoms with van der Waals surface area (Å²) in [4.78, 5) is 25.9. The average Bonchev–Trinajstić information content (AvgIpc) is 2.72. The average molecular weight is 322 g/mol. The van der Waals surface area contributed by atoms with E-state index in [0.717, 1.165) is 4.90 Å². The van der Waals surface area contributed by atoms with Gasteiger partial charge in [0.2, 0.25) is 0 Å². The standard InChI is InChI=1S/C15H9Cl2NO3/c1-21-13-7-12(10(16)6-11(13)17)18-14(19)8-4-2-3-5-9(8)15(18)20/h2-7H,1H3. The molecule has 2 aromatic carbocycles. The van der Waals surface area contributed by atoms with E-state index in [1.807, 2.05) is 0 Å². The predicted molar refractivity (Wildman–Crippen MR) is 80.6 cm³/mol. The lowest BCUT2D eigenvalue weighted by Crippen LogP contribution is -2.29. The fourth-order valence-electron chi connectivity index (χ4n) is 2.25. The SMILES string of the molecule is COc1cc(N2C(=O)c3ccccc3C2=O)c(Cl)cc1Cl. The number of carbonyl (C=O) groups is 2. The van der Waals surface area contributed by atoms with E-state index >= 15 is 0 Å². The third-order valence-electron chi connectivity index (χ3n) is 3.26. The van der Waals surface area contributed by atoms with Gasteiger partial charge in [-0.1, -0.05) is 35.3 Å². The molecule has 0 aliphatic carbocycles. The Morgan fingerprint density at radius 1 is 0.952 bits per heavy atom. The van der Waals surface area contributed by atoms with Gasteiger partial charge in [-0.15, -0.1) is 0 Å². The number of halogens is 2. The van der Waals surface area contributed by atoms with Gasteiger partial charge in [0.25, 0.3) is 11.8 Å². The second kappa shape index (κ2) is 5.06. The number of ether oxygens (including phenoxy) is 1. The summed E-state index contributed by atoms with van der Waals surface area (Å²) in [5.74, 6) is -0.489. The van der Waals surface area contributed by atoms with Crippen LogP contribution in [-0.4, -0.2) is 18.9 Å². The number of methoxy groups -OCH3 is 1. The Morgan fingerprint density at radius 2 is 1.52 bits per heavy atom. The number of anilines is 1. The van der Waals surface area contributed by atoms with Gasteiger partial charge in [-0.3, -0.25) is 9.59 Å². The Labute approximate surface area is 130 Å². The Bertz CT molecular complexity index is 739. The molecule has 1 heterocycles. The first-order chi connectivity index (χ1) is 10.0. The number of nitrogens with zero attached hydrogens (tertiary/aromatic N) is 1. The summed E-state index contributed by atoms with van der Waals surface area (Å²) in [6, 6.07) is 9.55. The maximum Gasteiger partial charge on any atom is 0.266 e. The van der Waals surface area contributed by atoms with E-state index in [-0.39, 0.29) is 10.7 Å². The van der Waals surface area contributed by atoms with Gasteiger partial charge in [-0.25, -0.2) is 4.90 Å². The summed E-state index contributed by atoms with van der Waals surface area (Å²) < 4.78 is 5.11. The molecular formula is C15H9Cl2NO3. The maximum absolute atomic E-state index is 12.4. The number of benzene rings is 2. The van der Waals surface area contributed by atoms with Crippen LogP contribution in [0.3, 0.4) is 0 Å². The monoisotopic (exact) mass is 321 g/mol. The predicted octanol–water partition coefficient (Wildman–Crippen LogP) is 3.80. The number of hydrogen-bond donors (Lipinski definition) is 0. The Hall–Kier alpha value is -2.04. The molecule has 0 saturated carbocycles. The number of hydrogen-bond acceptors (Lipinski definition) is 3. The van der Waals surface area contributed by atoms with Gasteiger partial charge >= 0.3 is 0 Å². The molecule has 106 valence electrons. The van der Waals surface area contributed by atoms with Crippen LogP contribution in [0.5, 0.6) is 5.75 Å². The van der Waals surface area contributed by atoms with Gasteiger partial charge in [0.15, 0.2) is 0 Å². The van der Waals surface area contributed by atoms with Crippen molar-refractivity contribution in [2.75, 3.05) is 12.0 Å². The zero-order valence-corrected chi connectivity index (χ0v) is 12.4. The largest absolute Gasteiger partial charge is 0.495 e. The van der Waals surface area contributed by atoms with Crippen LogP contribution in [0.1, 0.15) is 20.7 Å². The molecule has 0 aromatic heterocycles. The molecule has 0 fully saturated rings. The minimum atomic E-state index is -0.415. The van der Waals surface area contributed by atoms with Gasteiger partial charge in [0.05, 0.1) is 34.0 Å². The molecule has 1 aliphatic rings. The molecule has 21 heavy (non-hydrogen) atoms. The molecule has 6 heteroatoms. The van der Waals surface area contributed by atoms with E-state index in [0.29, 0.717) is 21.9 Å². The van der Waals surface area contributed by atoms with Crippen molar-refractivity contribution in [1.29, 1.82) is 0 Å². The highest BCUT2D eigenvalue weighted by atomic mass is 35.5. The van der Waals surface area contributed by atoms with Crippen molar-refractivity contribution < 1.29 is 14.3 Å². The molecule has 2 aromatic rings. The molecule has 2 amide bonds. The quantitative estimate of drug-likeness (QED) is 0.790. The smallest absolute Gasteiger partial charge is 0.266 e. The molecule has 0 N–H and O–H groups in total. The Kier molecular flexibility index (Phi) is 3.35.